The van der Waals surface area contributed by atoms with Crippen molar-refractivity contribution in [3.63, 3.8) is 0 Å². The van der Waals surface area contributed by atoms with Gasteiger partial charge in [0.15, 0.2) is 16.8 Å². The number of aromatic nitrogens is 4. The van der Waals surface area contributed by atoms with Crippen LogP contribution in [0.25, 0.3) is 11.2 Å². The van der Waals surface area contributed by atoms with Gasteiger partial charge >= 0.3 is 7.68 Å². The normalized spacial score (nSPS) is 13.7. The molecular weight excluding hydrogens is 626 g/mol. The van der Waals surface area contributed by atoms with Gasteiger partial charge in [0.2, 0.25) is 0 Å². The zero-order valence-corrected chi connectivity index (χ0v) is 30.6. The smallest absolute Gasteiger partial charge is 0.348 e. The summed E-state index contributed by atoms with van der Waals surface area (Å²) in [5.41, 5.74) is 6.97. The lowest BCUT2D eigenvalue weighted by Gasteiger charge is -2.30. The summed E-state index contributed by atoms with van der Waals surface area (Å²) in [6.45, 7) is 6.43. The zero-order valence-electron chi connectivity index (χ0n) is 28.1. The SMILES string of the molecule is CCCCCCCCCCCCCCCCSSCCC(CC(=O)CCCC)(OC(C)Cn1cnc2c(N)ncnc21)P(=O)=O. The van der Waals surface area contributed by atoms with E-state index in [-0.39, 0.29) is 24.4 Å². The number of imidazole rings is 1. The Morgan fingerprint density at radius 1 is 0.867 bits per heavy atom. The zero-order chi connectivity index (χ0) is 32.8. The van der Waals surface area contributed by atoms with E-state index < -0.39 is 19.1 Å². The number of rotatable bonds is 29. The van der Waals surface area contributed by atoms with Crippen LogP contribution in [0.3, 0.4) is 0 Å². The molecule has 2 atom stereocenters. The predicted molar refractivity (Wildman–Crippen MR) is 190 cm³/mol. The van der Waals surface area contributed by atoms with Gasteiger partial charge in [-0.15, -0.1) is 0 Å². The monoisotopic (exact) mass is 683 g/mol. The van der Waals surface area contributed by atoms with Gasteiger partial charge in [-0.1, -0.05) is 125 Å². The first kappa shape index (κ1) is 39.8. The first-order valence-electron chi connectivity index (χ1n) is 17.3. The number of Topliss-reactive ketones (excluding diaryl/α,β-unsaturated/α-hetero) is 1. The van der Waals surface area contributed by atoms with Crippen LogP contribution < -0.4 is 5.73 Å². The van der Waals surface area contributed by atoms with Crippen molar-refractivity contribution in [2.24, 2.45) is 0 Å². The number of nitrogens with zero attached hydrogens (tertiary/aromatic N) is 4. The molecule has 2 N–H and O–H groups in total. The van der Waals surface area contributed by atoms with Crippen molar-refractivity contribution in [3.8, 4) is 0 Å². The number of ether oxygens (including phenoxy) is 1. The van der Waals surface area contributed by atoms with Gasteiger partial charge in [0.25, 0.3) is 0 Å². The van der Waals surface area contributed by atoms with E-state index in [1.807, 2.05) is 13.8 Å². The quantitative estimate of drug-likeness (QED) is 0.0502. The van der Waals surface area contributed by atoms with Crippen LogP contribution in [0.5, 0.6) is 0 Å². The highest BCUT2D eigenvalue weighted by molar-refractivity contribution is 8.76. The fourth-order valence-electron chi connectivity index (χ4n) is 5.55. The molecule has 0 saturated carbocycles. The Kier molecular flexibility index (Phi) is 21.1. The maximum absolute atomic E-state index is 12.8. The molecule has 0 aliphatic carbocycles. The molecule has 0 aliphatic heterocycles. The number of unbranched alkanes of at least 4 members (excludes halogenated alkanes) is 14. The highest BCUT2D eigenvalue weighted by Crippen LogP contribution is 2.42. The highest BCUT2D eigenvalue weighted by Gasteiger charge is 2.41. The molecule has 0 amide bonds. The second kappa shape index (κ2) is 23.8. The van der Waals surface area contributed by atoms with E-state index >= 15 is 0 Å². The van der Waals surface area contributed by atoms with Crippen molar-refractivity contribution >= 4 is 52.0 Å². The second-order valence-electron chi connectivity index (χ2n) is 12.3. The Hall–Kier alpha value is -1.42. The number of fused-ring (bicyclic) bond motifs is 1. The summed E-state index contributed by atoms with van der Waals surface area (Å²) in [6, 6.07) is 0. The van der Waals surface area contributed by atoms with E-state index in [4.69, 9.17) is 10.5 Å². The van der Waals surface area contributed by atoms with Crippen LogP contribution in [-0.2, 0) is 25.2 Å². The first-order chi connectivity index (χ1) is 21.8. The number of nitrogen functional groups attached to an aromatic ring is 1. The molecule has 0 bridgehead atoms. The van der Waals surface area contributed by atoms with Crippen molar-refractivity contribution < 1.29 is 18.7 Å². The fraction of sp³-hybridized carbons (Fsp3) is 0.818. The summed E-state index contributed by atoms with van der Waals surface area (Å²) in [5, 5.41) is -1.54. The van der Waals surface area contributed by atoms with Crippen molar-refractivity contribution in [1.29, 1.82) is 0 Å². The van der Waals surface area contributed by atoms with Crippen LogP contribution in [-0.4, -0.2) is 48.3 Å². The van der Waals surface area contributed by atoms with Gasteiger partial charge in [0.05, 0.1) is 19.0 Å². The molecule has 0 radical (unpaired) electrons. The largest absolute Gasteiger partial charge is 0.382 e. The average Bonchev–Trinajstić information content (AvgIpc) is 3.42. The lowest BCUT2D eigenvalue weighted by molar-refractivity contribution is -0.125. The third-order valence-electron chi connectivity index (χ3n) is 8.16. The molecule has 0 spiro atoms. The summed E-state index contributed by atoms with van der Waals surface area (Å²) in [7, 11) is 0.452. The standard InChI is InChI=1S/C33H58N5O4PS2/c1-4-6-8-9-10-11-12-13-14-15-16-17-18-19-22-44-45-23-21-33(43(40)41,24-29(39)20-7-5-2)42-28(3)25-38-27-37-30-31(34)35-26-36-32(30)38/h26-28H,4-25H2,1-3H3,(H2,34,35,36). The minimum Gasteiger partial charge on any atom is -0.382 e. The van der Waals surface area contributed by atoms with E-state index in [0.717, 1.165) is 18.6 Å². The number of hydrogen-bond donors (Lipinski definition) is 1. The van der Waals surface area contributed by atoms with Crippen LogP contribution in [0.15, 0.2) is 12.7 Å². The Balaban J connectivity index is 1.73. The third-order valence-corrected chi connectivity index (χ3v) is 11.8. The van der Waals surface area contributed by atoms with E-state index in [0.29, 0.717) is 29.9 Å². The number of carbonyl (C=O) groups is 1. The van der Waals surface area contributed by atoms with Crippen molar-refractivity contribution in [2.45, 2.75) is 161 Å². The lowest BCUT2D eigenvalue weighted by Crippen LogP contribution is -2.36. The summed E-state index contributed by atoms with van der Waals surface area (Å²) in [4.78, 5) is 25.4. The number of hydrogen-bond acceptors (Lipinski definition) is 10. The van der Waals surface area contributed by atoms with Crippen molar-refractivity contribution in [3.05, 3.63) is 12.7 Å². The van der Waals surface area contributed by atoms with Gasteiger partial charge in [0, 0.05) is 30.8 Å². The van der Waals surface area contributed by atoms with E-state index in [1.165, 1.54) is 96.2 Å². The van der Waals surface area contributed by atoms with Crippen LogP contribution >= 0.6 is 29.3 Å². The lowest BCUT2D eigenvalue weighted by atomic mass is 10.0. The van der Waals surface area contributed by atoms with Crippen molar-refractivity contribution in [1.82, 2.24) is 19.5 Å². The average molecular weight is 684 g/mol. The molecule has 0 fully saturated rings. The molecule has 9 nitrogen and oxygen atoms in total. The minimum absolute atomic E-state index is 0.0723. The third kappa shape index (κ3) is 15.8. The molecule has 2 rings (SSSR count). The number of nitrogens with two attached hydrogens (primary N) is 1. The first-order valence-corrected chi connectivity index (χ1v) is 21.0. The van der Waals surface area contributed by atoms with E-state index in [2.05, 4.69) is 21.9 Å². The Labute approximate surface area is 280 Å². The molecule has 2 heterocycles. The molecule has 0 aromatic carbocycles. The van der Waals surface area contributed by atoms with Crippen LogP contribution in [0.2, 0.25) is 0 Å². The Morgan fingerprint density at radius 2 is 1.44 bits per heavy atom. The molecule has 12 heteroatoms. The maximum atomic E-state index is 12.8. The molecule has 45 heavy (non-hydrogen) atoms. The van der Waals surface area contributed by atoms with Gasteiger partial charge in [-0.25, -0.2) is 24.1 Å². The Bertz CT molecular complexity index is 1160. The molecule has 2 unspecified atom stereocenters. The van der Waals surface area contributed by atoms with E-state index in [1.54, 1.807) is 32.5 Å². The molecule has 2 aromatic rings. The predicted octanol–water partition coefficient (Wildman–Crippen LogP) is 10.1. The van der Waals surface area contributed by atoms with E-state index in [9.17, 15) is 13.9 Å². The van der Waals surface area contributed by atoms with Gasteiger partial charge in [0.1, 0.15) is 17.6 Å². The Morgan fingerprint density at radius 3 is 2.04 bits per heavy atom. The second-order valence-corrected chi connectivity index (χ2v) is 16.3. The summed E-state index contributed by atoms with van der Waals surface area (Å²) in [6.07, 6.45) is 23.5. The molecule has 0 aliphatic rings. The number of carbonyl (C=O) groups excluding carboxylic acids is 1. The highest BCUT2D eigenvalue weighted by atomic mass is 33.1. The summed E-state index contributed by atoms with van der Waals surface area (Å²) in [5.74, 6) is 1.86. The summed E-state index contributed by atoms with van der Waals surface area (Å²) >= 11 is 0. The van der Waals surface area contributed by atoms with Gasteiger partial charge in [-0.2, -0.15) is 0 Å². The van der Waals surface area contributed by atoms with Gasteiger partial charge < -0.3 is 15.0 Å². The van der Waals surface area contributed by atoms with Crippen LogP contribution in [0, 0.1) is 0 Å². The topological polar surface area (TPSA) is 130 Å². The number of anilines is 1. The van der Waals surface area contributed by atoms with Gasteiger partial charge in [-0.3, -0.25) is 4.79 Å². The molecule has 256 valence electrons. The van der Waals surface area contributed by atoms with Crippen LogP contribution in [0.4, 0.5) is 5.82 Å². The molecule has 2 aromatic heterocycles. The fourth-order valence-corrected chi connectivity index (χ4v) is 8.85. The minimum atomic E-state index is -3.01. The van der Waals surface area contributed by atoms with Crippen molar-refractivity contribution in [2.75, 3.05) is 17.2 Å². The molecule has 0 saturated heterocycles. The molecular formula is C33H58N5O4PS2. The van der Waals surface area contributed by atoms with Gasteiger partial charge in [-0.05, 0) is 19.8 Å². The number of ketones is 1. The van der Waals surface area contributed by atoms with Crippen LogP contribution in [0.1, 0.15) is 143 Å². The summed E-state index contributed by atoms with van der Waals surface area (Å²) < 4.78 is 33.5. The maximum Gasteiger partial charge on any atom is 0.348 e.